The van der Waals surface area contributed by atoms with Crippen LogP contribution in [0.25, 0.3) is 133 Å². The van der Waals surface area contributed by atoms with Gasteiger partial charge in [-0.15, -0.1) is 0 Å². The second kappa shape index (κ2) is 27.1. The number of nitrogens with zero attached hydrogens (tertiary/aromatic N) is 2. The van der Waals surface area contributed by atoms with E-state index in [1.165, 1.54) is 61.2 Å². The van der Waals surface area contributed by atoms with Crippen LogP contribution in [-0.4, -0.2) is 0 Å². The summed E-state index contributed by atoms with van der Waals surface area (Å²) >= 11 is 0. The van der Waals surface area contributed by atoms with Crippen molar-refractivity contribution in [3.05, 3.63) is 400 Å². The summed E-state index contributed by atoms with van der Waals surface area (Å²) < 4.78 is 13.3. The van der Waals surface area contributed by atoms with Gasteiger partial charge in [-0.05, 0) is 151 Å². The van der Waals surface area contributed by atoms with Crippen molar-refractivity contribution < 1.29 is 8.83 Å². The normalized spacial score (nSPS) is 11.2. The Morgan fingerprint density at radius 2 is 0.460 bits per heavy atom. The first-order valence-corrected chi connectivity index (χ1v) is 34.0. The highest BCUT2D eigenvalue weighted by Crippen LogP contribution is 2.48. The molecule has 18 rings (SSSR count). The van der Waals surface area contributed by atoms with Gasteiger partial charge in [0, 0.05) is 66.7 Å². The lowest BCUT2D eigenvalue weighted by Gasteiger charge is -2.28. The van der Waals surface area contributed by atoms with E-state index in [4.69, 9.17) is 8.83 Å². The molecule has 0 saturated carbocycles. The SMILES string of the molecule is c1ccc(-c2ccc(-c3cc(N(c4ccc(-c5ccccc5)cc4)c4cccc(-c5ccccc5)c4)cc4c3oc3ccccc34)cc2)cc1.c1ccc(-c2ccc(-c3cc(N(c4ccc(-c5ccccc5)cc4)c4ccccc4-c4ccccc4)cc4c3oc3ccccc34)cc2)cc1. The number of anilines is 6. The molecule has 2 heterocycles. The molecule has 472 valence electrons. The fraction of sp³-hybridized carbons (Fsp3) is 0. The first-order valence-electron chi connectivity index (χ1n) is 34.0. The molecular formula is C96H66N2O2. The molecule has 0 aliphatic carbocycles. The first-order chi connectivity index (χ1) is 49.6. The van der Waals surface area contributed by atoms with Crippen molar-refractivity contribution in [2.24, 2.45) is 0 Å². The van der Waals surface area contributed by atoms with Gasteiger partial charge in [-0.3, -0.25) is 0 Å². The lowest BCUT2D eigenvalue weighted by Crippen LogP contribution is -2.11. The van der Waals surface area contributed by atoms with Crippen molar-refractivity contribution in [1.82, 2.24) is 0 Å². The maximum absolute atomic E-state index is 6.64. The van der Waals surface area contributed by atoms with Crippen molar-refractivity contribution >= 4 is 78.0 Å². The van der Waals surface area contributed by atoms with E-state index < -0.39 is 0 Å². The van der Waals surface area contributed by atoms with Gasteiger partial charge >= 0.3 is 0 Å². The molecule has 2 aromatic heterocycles. The lowest BCUT2D eigenvalue weighted by atomic mass is 9.97. The zero-order valence-electron chi connectivity index (χ0n) is 54.8. The lowest BCUT2D eigenvalue weighted by molar-refractivity contribution is 0.669. The Balaban J connectivity index is 0.000000150. The van der Waals surface area contributed by atoms with Crippen molar-refractivity contribution in [3.63, 3.8) is 0 Å². The topological polar surface area (TPSA) is 32.8 Å². The summed E-state index contributed by atoms with van der Waals surface area (Å²) in [5.41, 5.74) is 28.5. The summed E-state index contributed by atoms with van der Waals surface area (Å²) in [6.45, 7) is 0. The third kappa shape index (κ3) is 12.1. The van der Waals surface area contributed by atoms with Gasteiger partial charge in [0.15, 0.2) is 0 Å². The van der Waals surface area contributed by atoms with Crippen LogP contribution in [-0.2, 0) is 0 Å². The van der Waals surface area contributed by atoms with E-state index in [0.29, 0.717) is 0 Å². The third-order valence-electron chi connectivity index (χ3n) is 19.0. The summed E-state index contributed by atoms with van der Waals surface area (Å²) in [4.78, 5) is 4.75. The van der Waals surface area contributed by atoms with Gasteiger partial charge in [-0.2, -0.15) is 0 Å². The summed E-state index contributed by atoms with van der Waals surface area (Å²) in [6, 6.07) is 142. The summed E-state index contributed by atoms with van der Waals surface area (Å²) in [7, 11) is 0. The predicted octanol–water partition coefficient (Wildman–Crippen LogP) is 27.4. The van der Waals surface area contributed by atoms with Crippen LogP contribution in [0.4, 0.5) is 34.1 Å². The highest BCUT2D eigenvalue weighted by molar-refractivity contribution is 6.13. The van der Waals surface area contributed by atoms with Crippen LogP contribution in [0.5, 0.6) is 0 Å². The van der Waals surface area contributed by atoms with Crippen molar-refractivity contribution in [3.8, 4) is 89.0 Å². The number of hydrogen-bond acceptors (Lipinski definition) is 4. The Morgan fingerprint density at radius 1 is 0.160 bits per heavy atom. The number of rotatable bonds is 14. The number of furan rings is 2. The molecule has 4 heteroatoms. The van der Waals surface area contributed by atoms with Crippen LogP contribution < -0.4 is 9.80 Å². The van der Waals surface area contributed by atoms with Crippen LogP contribution in [0.2, 0.25) is 0 Å². The van der Waals surface area contributed by atoms with E-state index in [0.717, 1.165) is 106 Å². The Hall–Kier alpha value is -13.3. The molecule has 0 spiro atoms. The molecule has 16 aromatic carbocycles. The van der Waals surface area contributed by atoms with E-state index in [1.807, 2.05) is 12.1 Å². The van der Waals surface area contributed by atoms with Gasteiger partial charge in [0.2, 0.25) is 0 Å². The summed E-state index contributed by atoms with van der Waals surface area (Å²) in [6.07, 6.45) is 0. The Bertz CT molecular complexity index is 5840. The maximum atomic E-state index is 6.64. The zero-order chi connectivity index (χ0) is 66.6. The molecule has 0 fully saturated rings. The van der Waals surface area contributed by atoms with Crippen LogP contribution in [0, 0.1) is 0 Å². The van der Waals surface area contributed by atoms with Gasteiger partial charge in [0.25, 0.3) is 0 Å². The number of hydrogen-bond donors (Lipinski definition) is 0. The average molecular weight is 1280 g/mol. The zero-order valence-corrected chi connectivity index (χ0v) is 54.8. The molecule has 4 nitrogen and oxygen atoms in total. The van der Waals surface area contributed by atoms with E-state index in [1.54, 1.807) is 0 Å². The van der Waals surface area contributed by atoms with E-state index in [2.05, 4.69) is 398 Å². The minimum Gasteiger partial charge on any atom is -0.455 e. The summed E-state index contributed by atoms with van der Waals surface area (Å²) in [5.74, 6) is 0. The average Bonchev–Trinajstić information content (AvgIpc) is 1.52. The van der Waals surface area contributed by atoms with Gasteiger partial charge in [-0.25, -0.2) is 0 Å². The molecule has 0 unspecified atom stereocenters. The standard InChI is InChI=1S/2C48H33NO/c1-4-14-34(15-5-1)36-24-26-39(27-25-36)44-32-41(33-45-43-21-11-13-23-47(43)50-48(44)45)49(40-30-28-37(29-31-40)35-16-6-2-7-17-35)46-22-12-10-20-42(46)38-18-8-3-9-19-38;1-4-13-34(14-5-1)37-23-25-39(26-24-37)45-32-43(33-46-44-21-10-11-22-47(44)50-48(45)46)49(41-29-27-38(28-30-41)35-15-6-2-7-16-35)42-20-12-19-40(31-42)36-17-8-3-9-18-36/h2*1-33H. The molecule has 0 saturated heterocycles. The van der Waals surface area contributed by atoms with Gasteiger partial charge < -0.3 is 18.6 Å². The van der Waals surface area contributed by atoms with E-state index in [-0.39, 0.29) is 0 Å². The predicted molar refractivity (Wildman–Crippen MR) is 420 cm³/mol. The number of benzene rings is 16. The molecule has 0 radical (unpaired) electrons. The Morgan fingerprint density at radius 3 is 0.890 bits per heavy atom. The van der Waals surface area contributed by atoms with Crippen molar-refractivity contribution in [1.29, 1.82) is 0 Å². The van der Waals surface area contributed by atoms with Crippen LogP contribution in [0.1, 0.15) is 0 Å². The summed E-state index contributed by atoms with van der Waals surface area (Å²) in [5, 5.41) is 4.37. The van der Waals surface area contributed by atoms with Crippen LogP contribution in [0.15, 0.2) is 409 Å². The van der Waals surface area contributed by atoms with Crippen LogP contribution >= 0.6 is 0 Å². The van der Waals surface area contributed by atoms with Crippen molar-refractivity contribution in [2.45, 2.75) is 0 Å². The Labute approximate surface area is 582 Å². The third-order valence-corrected chi connectivity index (χ3v) is 19.0. The fourth-order valence-electron chi connectivity index (χ4n) is 14.0. The molecule has 0 atom stereocenters. The second-order valence-electron chi connectivity index (χ2n) is 25.1. The minimum atomic E-state index is 0.880. The van der Waals surface area contributed by atoms with Gasteiger partial charge in [-0.1, -0.05) is 322 Å². The molecular weight excluding hydrogens is 1210 g/mol. The minimum absolute atomic E-state index is 0.880. The molecule has 0 aliphatic heterocycles. The fourth-order valence-corrected chi connectivity index (χ4v) is 14.0. The maximum Gasteiger partial charge on any atom is 0.143 e. The van der Waals surface area contributed by atoms with Gasteiger partial charge in [0.05, 0.1) is 5.69 Å². The Kier molecular flexibility index (Phi) is 16.4. The highest BCUT2D eigenvalue weighted by Gasteiger charge is 2.24. The second-order valence-corrected chi connectivity index (χ2v) is 25.1. The largest absolute Gasteiger partial charge is 0.455 e. The highest BCUT2D eigenvalue weighted by atomic mass is 16.3. The monoisotopic (exact) mass is 1280 g/mol. The molecule has 100 heavy (non-hydrogen) atoms. The molecule has 18 aromatic rings. The van der Waals surface area contributed by atoms with Crippen LogP contribution in [0.3, 0.4) is 0 Å². The molecule has 0 aliphatic rings. The quantitative estimate of drug-likeness (QED) is 0.109. The molecule has 0 bridgehead atoms. The van der Waals surface area contributed by atoms with Gasteiger partial charge in [0.1, 0.15) is 22.3 Å². The number of para-hydroxylation sites is 3. The molecule has 0 amide bonds. The number of fused-ring (bicyclic) bond motifs is 6. The van der Waals surface area contributed by atoms with E-state index >= 15 is 0 Å². The smallest absolute Gasteiger partial charge is 0.143 e. The van der Waals surface area contributed by atoms with Crippen molar-refractivity contribution in [2.75, 3.05) is 9.80 Å². The van der Waals surface area contributed by atoms with E-state index in [9.17, 15) is 0 Å². The molecule has 0 N–H and O–H groups in total. The first kappa shape index (κ1) is 60.4.